The molecule has 0 radical (unpaired) electrons. The van der Waals surface area contributed by atoms with Gasteiger partial charge in [0.25, 0.3) is 0 Å². The average Bonchev–Trinajstić information content (AvgIpc) is 3.13. The molecule has 0 fully saturated rings. The molecule has 4 aromatic rings. The van der Waals surface area contributed by atoms with Crippen molar-refractivity contribution in [2.45, 2.75) is 18.7 Å². The first kappa shape index (κ1) is 20.4. The Morgan fingerprint density at radius 2 is 1.47 bits per heavy atom. The van der Waals surface area contributed by atoms with E-state index >= 15 is 0 Å². The molecule has 0 saturated heterocycles. The summed E-state index contributed by atoms with van der Waals surface area (Å²) >= 11 is 6.05. The van der Waals surface area contributed by atoms with Gasteiger partial charge in [0.2, 0.25) is 0 Å². The summed E-state index contributed by atoms with van der Waals surface area (Å²) in [6.45, 7) is 4.16. The Morgan fingerprint density at radius 1 is 0.867 bits per heavy atom. The van der Waals surface area contributed by atoms with Crippen LogP contribution in [0.15, 0.2) is 77.7 Å². The van der Waals surface area contributed by atoms with Crippen molar-refractivity contribution in [1.82, 2.24) is 9.78 Å². The van der Waals surface area contributed by atoms with Crippen molar-refractivity contribution in [3.8, 4) is 28.2 Å². The summed E-state index contributed by atoms with van der Waals surface area (Å²) in [5, 5.41) is 5.53. The van der Waals surface area contributed by atoms with E-state index in [1.54, 1.807) is 24.3 Å². The Balaban J connectivity index is 1.93. The fourth-order valence-electron chi connectivity index (χ4n) is 3.57. The topological polar surface area (TPSA) is 52.0 Å². The third-order valence-corrected chi connectivity index (χ3v) is 6.48. The molecule has 0 aliphatic heterocycles. The van der Waals surface area contributed by atoms with Gasteiger partial charge in [0, 0.05) is 22.4 Å². The summed E-state index contributed by atoms with van der Waals surface area (Å²) in [4.78, 5) is 0.282. The fourth-order valence-corrected chi connectivity index (χ4v) is 4.33. The molecule has 4 nitrogen and oxygen atoms in total. The highest BCUT2D eigenvalue weighted by atomic mass is 35.5. The van der Waals surface area contributed by atoms with Crippen LogP contribution in [0.25, 0.3) is 28.2 Å². The Morgan fingerprint density at radius 3 is 2.03 bits per heavy atom. The first-order valence-electron chi connectivity index (χ1n) is 9.47. The van der Waals surface area contributed by atoms with Crippen molar-refractivity contribution < 1.29 is 8.42 Å². The Kier molecular flexibility index (Phi) is 5.26. The number of benzene rings is 3. The number of nitrogens with zero attached hydrogens (tertiary/aromatic N) is 2. The monoisotopic (exact) mass is 436 g/mol. The van der Waals surface area contributed by atoms with E-state index in [0.29, 0.717) is 5.02 Å². The van der Waals surface area contributed by atoms with Crippen molar-refractivity contribution in [3.05, 3.63) is 88.9 Å². The molecule has 0 unspecified atom stereocenters. The van der Waals surface area contributed by atoms with Crippen molar-refractivity contribution in [2.24, 2.45) is 0 Å². The van der Waals surface area contributed by atoms with Crippen LogP contribution < -0.4 is 0 Å². The van der Waals surface area contributed by atoms with Gasteiger partial charge in [0.05, 0.1) is 22.0 Å². The highest BCUT2D eigenvalue weighted by molar-refractivity contribution is 7.90. The van der Waals surface area contributed by atoms with Crippen molar-refractivity contribution in [2.75, 3.05) is 6.26 Å². The molecular weight excluding hydrogens is 416 g/mol. The standard InChI is InChI=1S/C24H21ClN2O2S/c1-16-5-4-6-17(2)24(16)23-15-22(18-7-9-19(25)10-8-18)26-27(23)20-11-13-21(14-12-20)30(3,28)29/h4-15H,1-3H3. The SMILES string of the molecule is Cc1cccc(C)c1-c1cc(-c2ccc(Cl)cc2)nn1-c1ccc(S(C)(=O)=O)cc1. The number of rotatable bonds is 4. The lowest BCUT2D eigenvalue weighted by molar-refractivity contribution is 0.602. The normalized spacial score (nSPS) is 11.6. The second kappa shape index (κ2) is 7.74. The molecule has 1 heterocycles. The van der Waals surface area contributed by atoms with Gasteiger partial charge in [-0.05, 0) is 67.4 Å². The van der Waals surface area contributed by atoms with Gasteiger partial charge in [0.1, 0.15) is 0 Å². The van der Waals surface area contributed by atoms with Gasteiger partial charge < -0.3 is 0 Å². The molecule has 0 aliphatic carbocycles. The van der Waals surface area contributed by atoms with Crippen LogP contribution in [0.4, 0.5) is 0 Å². The lowest BCUT2D eigenvalue weighted by Gasteiger charge is -2.12. The molecule has 0 amide bonds. The minimum Gasteiger partial charge on any atom is -0.232 e. The van der Waals surface area contributed by atoms with Crippen molar-refractivity contribution in [1.29, 1.82) is 0 Å². The molecule has 152 valence electrons. The average molecular weight is 437 g/mol. The van der Waals surface area contributed by atoms with Gasteiger partial charge >= 0.3 is 0 Å². The molecule has 0 saturated carbocycles. The van der Waals surface area contributed by atoms with Crippen LogP contribution in [-0.4, -0.2) is 24.5 Å². The third-order valence-electron chi connectivity index (χ3n) is 5.10. The number of halogens is 1. The van der Waals surface area contributed by atoms with Gasteiger partial charge in [-0.1, -0.05) is 41.9 Å². The van der Waals surface area contributed by atoms with Crippen molar-refractivity contribution >= 4 is 21.4 Å². The molecule has 0 spiro atoms. The maximum atomic E-state index is 11.8. The summed E-state index contributed by atoms with van der Waals surface area (Å²) in [6.07, 6.45) is 1.21. The predicted molar refractivity (Wildman–Crippen MR) is 122 cm³/mol. The van der Waals surface area contributed by atoms with Crippen LogP contribution in [0.2, 0.25) is 5.02 Å². The molecule has 0 atom stereocenters. The van der Waals surface area contributed by atoms with Crippen LogP contribution in [0, 0.1) is 13.8 Å². The van der Waals surface area contributed by atoms with Crippen LogP contribution in [0.3, 0.4) is 0 Å². The minimum atomic E-state index is -3.26. The molecule has 30 heavy (non-hydrogen) atoms. The third kappa shape index (κ3) is 3.91. The largest absolute Gasteiger partial charge is 0.232 e. The number of hydrogen-bond acceptors (Lipinski definition) is 3. The number of aryl methyl sites for hydroxylation is 2. The van der Waals surface area contributed by atoms with E-state index in [1.165, 1.54) is 6.26 Å². The molecule has 1 aromatic heterocycles. The van der Waals surface area contributed by atoms with E-state index in [4.69, 9.17) is 16.7 Å². The zero-order chi connectivity index (χ0) is 21.5. The van der Waals surface area contributed by atoms with E-state index in [1.807, 2.05) is 35.0 Å². The highest BCUT2D eigenvalue weighted by Gasteiger charge is 2.17. The molecule has 3 aromatic carbocycles. The second-order valence-electron chi connectivity index (χ2n) is 7.37. The number of aromatic nitrogens is 2. The van der Waals surface area contributed by atoms with Crippen LogP contribution in [0.1, 0.15) is 11.1 Å². The zero-order valence-corrected chi connectivity index (χ0v) is 18.5. The van der Waals surface area contributed by atoms with E-state index in [9.17, 15) is 8.42 Å². The van der Waals surface area contributed by atoms with Crippen LogP contribution in [0.5, 0.6) is 0 Å². The first-order valence-corrected chi connectivity index (χ1v) is 11.7. The number of hydrogen-bond donors (Lipinski definition) is 0. The Bertz CT molecular complexity index is 1300. The van der Waals surface area contributed by atoms with Crippen LogP contribution >= 0.6 is 11.6 Å². The molecule has 0 aliphatic rings. The maximum absolute atomic E-state index is 11.8. The van der Waals surface area contributed by atoms with Gasteiger partial charge in [-0.3, -0.25) is 0 Å². The van der Waals surface area contributed by atoms with E-state index < -0.39 is 9.84 Å². The lowest BCUT2D eigenvalue weighted by atomic mass is 9.99. The van der Waals surface area contributed by atoms with Gasteiger partial charge in [0.15, 0.2) is 9.84 Å². The fraction of sp³-hybridized carbons (Fsp3) is 0.125. The summed E-state index contributed by atoms with van der Waals surface area (Å²) in [6, 6.07) is 22.6. The second-order valence-corrected chi connectivity index (χ2v) is 9.82. The summed E-state index contributed by atoms with van der Waals surface area (Å²) < 4.78 is 25.6. The predicted octanol–water partition coefficient (Wildman–Crippen LogP) is 5.88. The van der Waals surface area contributed by atoms with E-state index in [0.717, 1.165) is 39.3 Å². The number of sulfone groups is 1. The van der Waals surface area contributed by atoms with E-state index in [2.05, 4.69) is 32.0 Å². The van der Waals surface area contributed by atoms with Gasteiger partial charge in [-0.15, -0.1) is 0 Å². The van der Waals surface area contributed by atoms with Crippen molar-refractivity contribution in [3.63, 3.8) is 0 Å². The molecule has 4 rings (SSSR count). The van der Waals surface area contributed by atoms with Crippen LogP contribution in [-0.2, 0) is 9.84 Å². The zero-order valence-electron chi connectivity index (χ0n) is 16.9. The van der Waals surface area contributed by atoms with E-state index in [-0.39, 0.29) is 4.90 Å². The molecule has 0 N–H and O–H groups in total. The maximum Gasteiger partial charge on any atom is 0.175 e. The summed E-state index contributed by atoms with van der Waals surface area (Å²) in [5.41, 5.74) is 6.91. The lowest BCUT2D eigenvalue weighted by Crippen LogP contribution is -2.03. The smallest absolute Gasteiger partial charge is 0.175 e. The summed E-state index contributed by atoms with van der Waals surface area (Å²) in [5.74, 6) is 0. The van der Waals surface area contributed by atoms with Gasteiger partial charge in [-0.25, -0.2) is 13.1 Å². The molecular formula is C24H21ClN2O2S. The highest BCUT2D eigenvalue weighted by Crippen LogP contribution is 2.33. The molecule has 0 bridgehead atoms. The quantitative estimate of drug-likeness (QED) is 0.401. The minimum absolute atomic E-state index is 0.282. The molecule has 6 heteroatoms. The Labute approximate surface area is 181 Å². The Hall–Kier alpha value is -2.89. The van der Waals surface area contributed by atoms with Gasteiger partial charge in [-0.2, -0.15) is 5.10 Å². The first-order chi connectivity index (χ1) is 14.2. The summed E-state index contributed by atoms with van der Waals surface area (Å²) in [7, 11) is -3.26.